The maximum Gasteiger partial charge on any atom is 0.267 e. The van der Waals surface area contributed by atoms with Gasteiger partial charge in [-0.3, -0.25) is 14.7 Å². The van der Waals surface area contributed by atoms with E-state index in [2.05, 4.69) is 4.72 Å². The van der Waals surface area contributed by atoms with Gasteiger partial charge < -0.3 is 4.74 Å². The fourth-order valence-electron chi connectivity index (χ4n) is 2.03. The van der Waals surface area contributed by atoms with Crippen LogP contribution in [0.5, 0.6) is 5.75 Å². The highest BCUT2D eigenvalue weighted by Crippen LogP contribution is 2.17. The summed E-state index contributed by atoms with van der Waals surface area (Å²) < 4.78 is 32.0. The Kier molecular flexibility index (Phi) is 6.15. The molecule has 132 valence electrons. The van der Waals surface area contributed by atoms with E-state index in [4.69, 9.17) is 9.94 Å². The summed E-state index contributed by atoms with van der Waals surface area (Å²) >= 11 is 0. The predicted molar refractivity (Wildman–Crippen MR) is 94.6 cm³/mol. The van der Waals surface area contributed by atoms with Gasteiger partial charge in [0.05, 0.1) is 12.9 Å². The molecule has 0 saturated heterocycles. The van der Waals surface area contributed by atoms with Crippen LogP contribution in [0.3, 0.4) is 0 Å². The summed E-state index contributed by atoms with van der Waals surface area (Å²) in [4.78, 5) is 10.9. The Morgan fingerprint density at radius 1 is 1.12 bits per heavy atom. The number of hydroxylamine groups is 1. The zero-order valence-corrected chi connectivity index (χ0v) is 14.3. The van der Waals surface area contributed by atoms with Crippen molar-refractivity contribution in [1.29, 1.82) is 0 Å². The highest BCUT2D eigenvalue weighted by Gasteiger charge is 2.11. The zero-order chi connectivity index (χ0) is 18.3. The van der Waals surface area contributed by atoms with Gasteiger partial charge in [0.1, 0.15) is 5.75 Å². The molecule has 2 rings (SSSR count). The number of sulfonamides is 1. The van der Waals surface area contributed by atoms with Crippen LogP contribution >= 0.6 is 0 Å². The maximum atomic E-state index is 12.2. The van der Waals surface area contributed by atoms with Gasteiger partial charge in [-0.1, -0.05) is 24.3 Å². The number of hydrogen-bond acceptors (Lipinski definition) is 5. The first-order valence-corrected chi connectivity index (χ1v) is 8.93. The Bertz CT molecular complexity index is 844. The Hall–Kier alpha value is -2.84. The highest BCUT2D eigenvalue weighted by atomic mass is 32.2. The van der Waals surface area contributed by atoms with Gasteiger partial charge in [0.25, 0.3) is 5.91 Å². The number of ether oxygens (including phenoxy) is 1. The normalized spacial score (nSPS) is 11.3. The summed E-state index contributed by atoms with van der Waals surface area (Å²) in [5.74, 6) is -0.146. The second-order valence-electron chi connectivity index (χ2n) is 5.14. The topological polar surface area (TPSA) is 105 Å². The maximum absolute atomic E-state index is 12.2. The Labute approximate surface area is 146 Å². The number of benzene rings is 2. The van der Waals surface area contributed by atoms with E-state index in [1.54, 1.807) is 55.6 Å². The number of nitrogens with one attached hydrogen (secondary N) is 2. The van der Waals surface area contributed by atoms with Crippen LogP contribution in [0.25, 0.3) is 6.08 Å². The lowest BCUT2D eigenvalue weighted by molar-refractivity contribution is -0.124. The largest absolute Gasteiger partial charge is 0.497 e. The molecule has 0 saturated carbocycles. The van der Waals surface area contributed by atoms with E-state index in [0.29, 0.717) is 22.6 Å². The molecule has 1 amide bonds. The molecular formula is C17H18N2O5S. The Morgan fingerprint density at radius 3 is 2.32 bits per heavy atom. The average Bonchev–Trinajstić information content (AvgIpc) is 2.60. The lowest BCUT2D eigenvalue weighted by Gasteiger charge is -2.09. The Balaban J connectivity index is 2.01. The number of hydrogen-bond donors (Lipinski definition) is 3. The number of rotatable bonds is 7. The average molecular weight is 362 g/mol. The molecule has 25 heavy (non-hydrogen) atoms. The number of carbonyl (C=O) groups excluding carboxylic acids is 1. The van der Waals surface area contributed by atoms with Crippen LogP contribution in [0.2, 0.25) is 0 Å². The smallest absolute Gasteiger partial charge is 0.267 e. The van der Waals surface area contributed by atoms with Crippen molar-refractivity contribution in [3.8, 4) is 5.75 Å². The molecule has 0 atom stereocenters. The van der Waals surface area contributed by atoms with E-state index in [1.807, 2.05) is 0 Å². The molecule has 0 aliphatic rings. The molecule has 0 unspecified atom stereocenters. The quantitative estimate of drug-likeness (QED) is 0.398. The molecule has 0 aliphatic carbocycles. The molecule has 2 aromatic carbocycles. The van der Waals surface area contributed by atoms with Crippen molar-refractivity contribution < 1.29 is 23.2 Å². The van der Waals surface area contributed by atoms with Crippen molar-refractivity contribution in [2.75, 3.05) is 11.8 Å². The lowest BCUT2D eigenvalue weighted by atomic mass is 10.2. The van der Waals surface area contributed by atoms with E-state index in [-0.39, 0.29) is 5.75 Å². The summed E-state index contributed by atoms with van der Waals surface area (Å²) in [5.41, 5.74) is 3.22. The molecule has 3 N–H and O–H groups in total. The summed E-state index contributed by atoms with van der Waals surface area (Å²) in [7, 11) is -2.01. The van der Waals surface area contributed by atoms with Crippen LogP contribution in [0.15, 0.2) is 54.6 Å². The van der Waals surface area contributed by atoms with Crippen molar-refractivity contribution in [2.45, 2.75) is 5.75 Å². The van der Waals surface area contributed by atoms with Crippen molar-refractivity contribution in [2.24, 2.45) is 0 Å². The SMILES string of the molecule is COc1ccc(CS(=O)(=O)Nc2ccc(/C=C\C(=O)NO)cc2)cc1. The standard InChI is InChI=1S/C17H18N2O5S/c1-24-16-9-4-14(5-10-16)12-25(22,23)19-15-7-2-13(3-8-15)6-11-17(20)18-21/h2-11,19,21H,12H2,1H3,(H,18,20)/b11-6-. The molecular weight excluding hydrogens is 344 g/mol. The monoisotopic (exact) mass is 362 g/mol. The van der Waals surface area contributed by atoms with Gasteiger partial charge in [0.15, 0.2) is 0 Å². The third-order valence-corrected chi connectivity index (χ3v) is 4.50. The first-order chi connectivity index (χ1) is 11.9. The molecule has 7 nitrogen and oxygen atoms in total. The van der Waals surface area contributed by atoms with Crippen LogP contribution < -0.4 is 14.9 Å². The van der Waals surface area contributed by atoms with Crippen LogP contribution in [-0.2, 0) is 20.6 Å². The third-order valence-electron chi connectivity index (χ3n) is 3.24. The molecule has 2 aromatic rings. The summed E-state index contributed by atoms with van der Waals surface area (Å²) in [6.07, 6.45) is 2.64. The van der Waals surface area contributed by atoms with E-state index in [0.717, 1.165) is 6.08 Å². The minimum absolute atomic E-state index is 0.157. The number of anilines is 1. The number of amides is 1. The van der Waals surface area contributed by atoms with E-state index < -0.39 is 15.9 Å². The molecule has 0 spiro atoms. The van der Waals surface area contributed by atoms with Gasteiger partial charge in [0.2, 0.25) is 10.0 Å². The fourth-order valence-corrected chi connectivity index (χ4v) is 3.23. The van der Waals surface area contributed by atoms with Crippen LogP contribution in [-0.4, -0.2) is 26.6 Å². The first-order valence-electron chi connectivity index (χ1n) is 7.27. The lowest BCUT2D eigenvalue weighted by Crippen LogP contribution is -2.15. The van der Waals surface area contributed by atoms with Crippen molar-refractivity contribution >= 4 is 27.7 Å². The molecule has 0 aliphatic heterocycles. The molecule has 0 heterocycles. The summed E-state index contributed by atoms with van der Waals surface area (Å²) in [6.45, 7) is 0. The van der Waals surface area contributed by atoms with Crippen molar-refractivity contribution in [3.05, 3.63) is 65.7 Å². The molecule has 8 heteroatoms. The van der Waals surface area contributed by atoms with E-state index in [9.17, 15) is 13.2 Å². The van der Waals surface area contributed by atoms with Crippen LogP contribution in [0, 0.1) is 0 Å². The van der Waals surface area contributed by atoms with Gasteiger partial charge in [-0.25, -0.2) is 13.9 Å². The van der Waals surface area contributed by atoms with E-state index >= 15 is 0 Å². The van der Waals surface area contributed by atoms with Gasteiger partial charge in [-0.15, -0.1) is 0 Å². The third kappa shape index (κ3) is 5.94. The van der Waals surface area contributed by atoms with Gasteiger partial charge in [-0.05, 0) is 41.5 Å². The summed E-state index contributed by atoms with van der Waals surface area (Å²) in [6, 6.07) is 13.3. The first kappa shape index (κ1) is 18.5. The van der Waals surface area contributed by atoms with Crippen molar-refractivity contribution in [3.63, 3.8) is 0 Å². The predicted octanol–water partition coefficient (Wildman–Crippen LogP) is 2.16. The number of carbonyl (C=O) groups is 1. The molecule has 0 fully saturated rings. The van der Waals surface area contributed by atoms with Crippen molar-refractivity contribution in [1.82, 2.24) is 5.48 Å². The van der Waals surface area contributed by atoms with Gasteiger partial charge in [0, 0.05) is 11.8 Å². The van der Waals surface area contributed by atoms with Crippen LogP contribution in [0.1, 0.15) is 11.1 Å². The molecule has 0 aromatic heterocycles. The second-order valence-corrected chi connectivity index (χ2v) is 6.86. The highest BCUT2D eigenvalue weighted by molar-refractivity contribution is 7.91. The second kappa shape index (κ2) is 8.32. The zero-order valence-electron chi connectivity index (χ0n) is 13.5. The molecule has 0 radical (unpaired) electrons. The molecule has 0 bridgehead atoms. The van der Waals surface area contributed by atoms with E-state index in [1.165, 1.54) is 11.6 Å². The number of methoxy groups -OCH3 is 1. The van der Waals surface area contributed by atoms with Gasteiger partial charge >= 0.3 is 0 Å². The minimum atomic E-state index is -3.56. The van der Waals surface area contributed by atoms with Crippen LogP contribution in [0.4, 0.5) is 5.69 Å². The Morgan fingerprint density at radius 2 is 1.76 bits per heavy atom. The fraction of sp³-hybridized carbons (Fsp3) is 0.118. The van der Waals surface area contributed by atoms with Gasteiger partial charge in [-0.2, -0.15) is 0 Å². The minimum Gasteiger partial charge on any atom is -0.497 e. The summed E-state index contributed by atoms with van der Waals surface area (Å²) in [5, 5.41) is 8.40.